The standard InChI is InChI=1S/C7H4BrCl2NO2/c1-13-7(12)4-2-3(9)5(8)6(10)11-4/h2H,1H3. The lowest BCUT2D eigenvalue weighted by Gasteiger charge is -2.02. The van der Waals surface area contributed by atoms with Crippen molar-refractivity contribution >= 4 is 45.1 Å². The van der Waals surface area contributed by atoms with Crippen LogP contribution in [0.4, 0.5) is 0 Å². The summed E-state index contributed by atoms with van der Waals surface area (Å²) in [5, 5.41) is 0.452. The van der Waals surface area contributed by atoms with Crippen LogP contribution in [-0.2, 0) is 4.74 Å². The van der Waals surface area contributed by atoms with Gasteiger partial charge in [0, 0.05) is 0 Å². The number of pyridine rings is 1. The molecule has 1 aromatic heterocycles. The summed E-state index contributed by atoms with van der Waals surface area (Å²) in [5.41, 5.74) is 0.0840. The van der Waals surface area contributed by atoms with Gasteiger partial charge in [0.2, 0.25) is 0 Å². The number of ether oxygens (including phenoxy) is 1. The second-order valence-corrected chi connectivity index (χ2v) is 3.64. The van der Waals surface area contributed by atoms with Crippen molar-refractivity contribution in [2.45, 2.75) is 0 Å². The van der Waals surface area contributed by atoms with E-state index in [9.17, 15) is 4.79 Å². The molecule has 0 saturated heterocycles. The summed E-state index contributed by atoms with van der Waals surface area (Å²) in [6, 6.07) is 1.38. The van der Waals surface area contributed by atoms with E-state index in [0.717, 1.165) is 0 Å². The molecule has 0 atom stereocenters. The van der Waals surface area contributed by atoms with Crippen molar-refractivity contribution < 1.29 is 9.53 Å². The molecule has 0 aromatic carbocycles. The molecule has 1 heterocycles. The first kappa shape index (κ1) is 10.8. The van der Waals surface area contributed by atoms with Crippen LogP contribution in [-0.4, -0.2) is 18.1 Å². The summed E-state index contributed by atoms with van der Waals surface area (Å²) < 4.78 is 4.91. The monoisotopic (exact) mass is 283 g/mol. The number of nitrogens with zero attached hydrogens (tertiary/aromatic N) is 1. The minimum atomic E-state index is -0.573. The second-order valence-electron chi connectivity index (χ2n) is 2.09. The van der Waals surface area contributed by atoms with Gasteiger partial charge in [-0.2, -0.15) is 0 Å². The predicted molar refractivity (Wildman–Crippen MR) is 53.3 cm³/mol. The fourth-order valence-electron chi connectivity index (χ4n) is 0.678. The van der Waals surface area contributed by atoms with Crippen molar-refractivity contribution in [2.75, 3.05) is 7.11 Å². The lowest BCUT2D eigenvalue weighted by Crippen LogP contribution is -2.04. The molecule has 70 valence electrons. The van der Waals surface area contributed by atoms with E-state index in [4.69, 9.17) is 23.2 Å². The maximum atomic E-state index is 11.0. The maximum absolute atomic E-state index is 11.0. The van der Waals surface area contributed by atoms with Crippen molar-refractivity contribution in [3.63, 3.8) is 0 Å². The minimum Gasteiger partial charge on any atom is -0.464 e. The highest BCUT2D eigenvalue weighted by Crippen LogP contribution is 2.29. The Morgan fingerprint density at radius 2 is 2.23 bits per heavy atom. The van der Waals surface area contributed by atoms with Crippen molar-refractivity contribution in [3.8, 4) is 0 Å². The zero-order valence-electron chi connectivity index (χ0n) is 6.47. The first-order chi connectivity index (χ1) is 6.06. The number of hydrogen-bond donors (Lipinski definition) is 0. The summed E-state index contributed by atoms with van der Waals surface area (Å²) in [6.07, 6.45) is 0. The Morgan fingerprint density at radius 1 is 1.62 bits per heavy atom. The highest BCUT2D eigenvalue weighted by atomic mass is 79.9. The van der Waals surface area contributed by atoms with Gasteiger partial charge >= 0.3 is 5.97 Å². The van der Waals surface area contributed by atoms with Crippen molar-refractivity contribution in [2.24, 2.45) is 0 Å². The van der Waals surface area contributed by atoms with Gasteiger partial charge < -0.3 is 4.74 Å². The molecule has 1 aromatic rings. The van der Waals surface area contributed by atoms with Gasteiger partial charge in [-0.05, 0) is 22.0 Å². The maximum Gasteiger partial charge on any atom is 0.356 e. The number of hydrogen-bond acceptors (Lipinski definition) is 3. The Labute approximate surface area is 93.1 Å². The van der Waals surface area contributed by atoms with E-state index in [-0.39, 0.29) is 10.8 Å². The Morgan fingerprint density at radius 3 is 2.69 bits per heavy atom. The van der Waals surface area contributed by atoms with Crippen LogP contribution in [0.15, 0.2) is 10.5 Å². The molecule has 0 aliphatic carbocycles. The van der Waals surface area contributed by atoms with Gasteiger partial charge in [0.1, 0.15) is 5.15 Å². The summed E-state index contributed by atoms with van der Waals surface area (Å²) >= 11 is 14.5. The second kappa shape index (κ2) is 4.26. The minimum absolute atomic E-state index is 0.0840. The first-order valence-electron chi connectivity index (χ1n) is 3.16. The summed E-state index contributed by atoms with van der Waals surface area (Å²) in [7, 11) is 1.26. The van der Waals surface area contributed by atoms with Gasteiger partial charge in [-0.25, -0.2) is 9.78 Å². The molecular weight excluding hydrogens is 281 g/mol. The molecular formula is C7H4BrCl2NO2. The third kappa shape index (κ3) is 2.33. The molecule has 6 heteroatoms. The van der Waals surface area contributed by atoms with Gasteiger partial charge in [0.05, 0.1) is 16.6 Å². The largest absolute Gasteiger partial charge is 0.464 e. The Balaban J connectivity index is 3.20. The molecule has 0 spiro atoms. The SMILES string of the molecule is COC(=O)c1cc(Cl)c(Br)c(Cl)n1. The smallest absolute Gasteiger partial charge is 0.356 e. The highest BCUT2D eigenvalue weighted by Gasteiger charge is 2.12. The number of aromatic nitrogens is 1. The molecule has 0 N–H and O–H groups in total. The van der Waals surface area contributed by atoms with E-state index in [1.54, 1.807) is 0 Å². The van der Waals surface area contributed by atoms with Crippen LogP contribution in [0.5, 0.6) is 0 Å². The predicted octanol–water partition coefficient (Wildman–Crippen LogP) is 2.94. The molecule has 0 unspecified atom stereocenters. The van der Waals surface area contributed by atoms with Gasteiger partial charge in [0.25, 0.3) is 0 Å². The quantitative estimate of drug-likeness (QED) is 0.588. The molecule has 0 bridgehead atoms. The number of carbonyl (C=O) groups excluding carboxylic acids is 1. The zero-order chi connectivity index (χ0) is 10.0. The fraction of sp³-hybridized carbons (Fsp3) is 0.143. The molecule has 0 fully saturated rings. The third-order valence-electron chi connectivity index (χ3n) is 1.27. The zero-order valence-corrected chi connectivity index (χ0v) is 9.57. The van der Waals surface area contributed by atoms with E-state index in [0.29, 0.717) is 9.50 Å². The first-order valence-corrected chi connectivity index (χ1v) is 4.71. The lowest BCUT2D eigenvalue weighted by atomic mass is 10.3. The molecule has 0 aliphatic rings. The normalized spacial score (nSPS) is 9.85. The van der Waals surface area contributed by atoms with Crippen LogP contribution in [0, 0.1) is 0 Å². The average Bonchev–Trinajstić information content (AvgIpc) is 2.12. The molecule has 1 rings (SSSR count). The molecule has 0 radical (unpaired) electrons. The number of carbonyl (C=O) groups is 1. The summed E-state index contributed by atoms with van der Waals surface area (Å²) in [5.74, 6) is -0.573. The topological polar surface area (TPSA) is 39.2 Å². The van der Waals surface area contributed by atoms with Crippen molar-refractivity contribution in [3.05, 3.63) is 26.4 Å². The Hall–Kier alpha value is -0.320. The van der Waals surface area contributed by atoms with E-state index in [1.165, 1.54) is 13.2 Å². The van der Waals surface area contributed by atoms with Crippen LogP contribution in [0.3, 0.4) is 0 Å². The van der Waals surface area contributed by atoms with Crippen LogP contribution < -0.4 is 0 Å². The molecule has 3 nitrogen and oxygen atoms in total. The van der Waals surface area contributed by atoms with Crippen molar-refractivity contribution in [1.82, 2.24) is 4.98 Å². The van der Waals surface area contributed by atoms with E-state index >= 15 is 0 Å². The fourth-order valence-corrected chi connectivity index (χ4v) is 1.32. The number of rotatable bonds is 1. The van der Waals surface area contributed by atoms with Crippen molar-refractivity contribution in [1.29, 1.82) is 0 Å². The number of esters is 1. The summed E-state index contributed by atoms with van der Waals surface area (Å²) in [6.45, 7) is 0. The summed E-state index contributed by atoms with van der Waals surface area (Å²) in [4.78, 5) is 14.8. The van der Waals surface area contributed by atoms with E-state index in [2.05, 4.69) is 25.7 Å². The Kier molecular flexibility index (Phi) is 3.53. The number of methoxy groups -OCH3 is 1. The van der Waals surface area contributed by atoms with E-state index < -0.39 is 5.97 Å². The van der Waals surface area contributed by atoms with Crippen LogP contribution in [0.2, 0.25) is 10.2 Å². The number of halogens is 3. The highest BCUT2D eigenvalue weighted by molar-refractivity contribution is 9.10. The molecule has 0 amide bonds. The molecule has 0 saturated carbocycles. The Bertz CT molecular complexity index is 333. The van der Waals surface area contributed by atoms with Gasteiger partial charge in [-0.1, -0.05) is 23.2 Å². The van der Waals surface area contributed by atoms with Gasteiger partial charge in [-0.15, -0.1) is 0 Å². The molecule has 13 heavy (non-hydrogen) atoms. The van der Waals surface area contributed by atoms with Gasteiger partial charge in [0.15, 0.2) is 5.69 Å². The van der Waals surface area contributed by atoms with Crippen LogP contribution in [0.25, 0.3) is 0 Å². The van der Waals surface area contributed by atoms with Crippen LogP contribution >= 0.6 is 39.1 Å². The van der Waals surface area contributed by atoms with E-state index in [1.807, 2.05) is 0 Å². The molecule has 0 aliphatic heterocycles. The van der Waals surface area contributed by atoms with Crippen LogP contribution in [0.1, 0.15) is 10.5 Å². The lowest BCUT2D eigenvalue weighted by molar-refractivity contribution is 0.0594. The van der Waals surface area contributed by atoms with Gasteiger partial charge in [-0.3, -0.25) is 0 Å². The average molecular weight is 285 g/mol. The third-order valence-corrected chi connectivity index (χ3v) is 3.10.